The molecule has 2 heterocycles. The minimum Gasteiger partial charge on any atom is -0.471 e. The highest BCUT2D eigenvalue weighted by molar-refractivity contribution is 5.96. The summed E-state index contributed by atoms with van der Waals surface area (Å²) in [5.74, 6) is -3.33. The number of aryl methyl sites for hydroxylation is 1. The van der Waals surface area contributed by atoms with E-state index in [-0.39, 0.29) is 17.6 Å². The van der Waals surface area contributed by atoms with Gasteiger partial charge >= 0.3 is 0 Å². The van der Waals surface area contributed by atoms with Crippen LogP contribution in [0, 0.1) is 6.92 Å². The summed E-state index contributed by atoms with van der Waals surface area (Å²) in [6.45, 7) is 4.73. The van der Waals surface area contributed by atoms with Gasteiger partial charge in [-0.15, -0.1) is 0 Å². The molecule has 0 aliphatic heterocycles. The normalized spacial score (nSPS) is 12.2. The zero-order valence-corrected chi connectivity index (χ0v) is 16.0. The van der Waals surface area contributed by atoms with Crippen LogP contribution in [0.25, 0.3) is 0 Å². The van der Waals surface area contributed by atoms with Gasteiger partial charge in [-0.3, -0.25) is 9.59 Å². The maximum atomic E-state index is 12.9. The van der Waals surface area contributed by atoms with Crippen LogP contribution in [0.2, 0.25) is 0 Å². The van der Waals surface area contributed by atoms with E-state index in [4.69, 9.17) is 4.74 Å². The van der Waals surface area contributed by atoms with E-state index < -0.39 is 24.5 Å². The fourth-order valence-corrected chi connectivity index (χ4v) is 2.35. The molecule has 0 radical (unpaired) electrons. The first kappa shape index (κ1) is 21.2. The number of carbonyl (C=O) groups is 2. The molecule has 7 nitrogen and oxygen atoms in total. The Kier molecular flexibility index (Phi) is 6.61. The third-order valence-corrected chi connectivity index (χ3v) is 3.53. The van der Waals surface area contributed by atoms with Gasteiger partial charge in [0.2, 0.25) is 11.8 Å². The van der Waals surface area contributed by atoms with E-state index in [2.05, 4.69) is 20.6 Å². The maximum absolute atomic E-state index is 12.9. The van der Waals surface area contributed by atoms with Gasteiger partial charge in [0.05, 0.1) is 11.7 Å². The van der Waals surface area contributed by atoms with Gasteiger partial charge in [0, 0.05) is 31.2 Å². The van der Waals surface area contributed by atoms with E-state index in [9.17, 15) is 18.4 Å². The van der Waals surface area contributed by atoms with E-state index in [1.165, 1.54) is 19.1 Å². The van der Waals surface area contributed by atoms with Gasteiger partial charge in [0.25, 0.3) is 11.8 Å². The molecule has 0 bridgehead atoms. The molecule has 0 spiro atoms. The summed E-state index contributed by atoms with van der Waals surface area (Å²) in [5.41, 5.74) is 1.34. The van der Waals surface area contributed by atoms with Gasteiger partial charge in [-0.1, -0.05) is 6.07 Å². The molecule has 28 heavy (non-hydrogen) atoms. The molecule has 0 aliphatic carbocycles. The third kappa shape index (κ3) is 6.57. The molecule has 2 aromatic heterocycles. The summed E-state index contributed by atoms with van der Waals surface area (Å²) in [4.78, 5) is 32.0. The lowest BCUT2D eigenvalue weighted by molar-refractivity contribution is -0.114. The SMILES string of the molecule is CC(=O)Nc1cc(C(=O)NC(C)c2cccc(OCC(C)(F)F)n2)cc(C)n1. The second-order valence-corrected chi connectivity index (χ2v) is 6.52. The average molecular weight is 392 g/mol. The molecule has 0 saturated heterocycles. The van der Waals surface area contributed by atoms with Crippen LogP contribution in [0.1, 0.15) is 48.6 Å². The molecule has 2 amide bonds. The average Bonchev–Trinajstić information content (AvgIpc) is 2.58. The van der Waals surface area contributed by atoms with Crippen LogP contribution >= 0.6 is 0 Å². The number of nitrogens with zero attached hydrogens (tertiary/aromatic N) is 2. The van der Waals surface area contributed by atoms with Crippen molar-refractivity contribution in [1.29, 1.82) is 0 Å². The number of amides is 2. The molecule has 9 heteroatoms. The second-order valence-electron chi connectivity index (χ2n) is 6.52. The molecule has 0 aliphatic rings. The first-order chi connectivity index (χ1) is 13.0. The Morgan fingerprint density at radius 1 is 1.25 bits per heavy atom. The molecule has 2 rings (SSSR count). The summed E-state index contributed by atoms with van der Waals surface area (Å²) in [6, 6.07) is 7.28. The van der Waals surface area contributed by atoms with Crippen LogP contribution < -0.4 is 15.4 Å². The van der Waals surface area contributed by atoms with Crippen LogP contribution in [-0.4, -0.2) is 34.3 Å². The number of hydrogen-bond acceptors (Lipinski definition) is 5. The van der Waals surface area contributed by atoms with Crippen molar-refractivity contribution in [2.75, 3.05) is 11.9 Å². The molecule has 2 N–H and O–H groups in total. The van der Waals surface area contributed by atoms with Crippen molar-refractivity contribution in [3.8, 4) is 5.88 Å². The van der Waals surface area contributed by atoms with E-state index in [0.29, 0.717) is 17.0 Å². The van der Waals surface area contributed by atoms with Crippen molar-refractivity contribution in [2.45, 2.75) is 39.7 Å². The Morgan fingerprint density at radius 2 is 1.96 bits per heavy atom. The van der Waals surface area contributed by atoms with Crippen LogP contribution in [0.5, 0.6) is 5.88 Å². The van der Waals surface area contributed by atoms with Gasteiger partial charge in [0.15, 0.2) is 6.61 Å². The monoisotopic (exact) mass is 392 g/mol. The molecular formula is C19H22F2N4O3. The van der Waals surface area contributed by atoms with Gasteiger partial charge in [-0.25, -0.2) is 18.7 Å². The Morgan fingerprint density at radius 3 is 2.61 bits per heavy atom. The summed E-state index contributed by atoms with van der Waals surface area (Å²) in [5, 5.41) is 5.31. The topological polar surface area (TPSA) is 93.2 Å². The van der Waals surface area contributed by atoms with E-state index in [0.717, 1.165) is 6.92 Å². The zero-order valence-electron chi connectivity index (χ0n) is 16.0. The van der Waals surface area contributed by atoms with Gasteiger partial charge < -0.3 is 15.4 Å². The Hall–Kier alpha value is -3.10. The lowest BCUT2D eigenvalue weighted by Gasteiger charge is -2.16. The Balaban J connectivity index is 2.10. The van der Waals surface area contributed by atoms with Crippen molar-refractivity contribution in [3.63, 3.8) is 0 Å². The number of nitrogens with one attached hydrogen (secondary N) is 2. The number of ether oxygens (including phenoxy) is 1. The van der Waals surface area contributed by atoms with Gasteiger partial charge in [0.1, 0.15) is 5.82 Å². The van der Waals surface area contributed by atoms with E-state index in [1.807, 2.05) is 0 Å². The highest BCUT2D eigenvalue weighted by Gasteiger charge is 2.22. The largest absolute Gasteiger partial charge is 0.471 e. The number of hydrogen-bond donors (Lipinski definition) is 2. The first-order valence-corrected chi connectivity index (χ1v) is 8.58. The van der Waals surface area contributed by atoms with E-state index >= 15 is 0 Å². The third-order valence-electron chi connectivity index (χ3n) is 3.53. The van der Waals surface area contributed by atoms with Crippen molar-refractivity contribution >= 4 is 17.6 Å². The van der Waals surface area contributed by atoms with Crippen LogP contribution in [-0.2, 0) is 4.79 Å². The van der Waals surface area contributed by atoms with Crippen molar-refractivity contribution in [2.24, 2.45) is 0 Å². The van der Waals surface area contributed by atoms with Crippen LogP contribution in [0.4, 0.5) is 14.6 Å². The number of rotatable bonds is 7. The number of pyridine rings is 2. The Labute approximate surface area is 161 Å². The minimum atomic E-state index is -2.97. The number of alkyl halides is 2. The number of halogens is 2. The molecule has 150 valence electrons. The second kappa shape index (κ2) is 8.73. The summed E-state index contributed by atoms with van der Waals surface area (Å²) < 4.78 is 30.9. The smallest absolute Gasteiger partial charge is 0.278 e. The molecular weight excluding hydrogens is 370 g/mol. The number of carbonyl (C=O) groups excluding carboxylic acids is 2. The summed E-state index contributed by atoms with van der Waals surface area (Å²) in [6.07, 6.45) is 0. The van der Waals surface area contributed by atoms with Gasteiger partial charge in [-0.05, 0) is 32.0 Å². The van der Waals surface area contributed by atoms with Crippen molar-refractivity contribution in [1.82, 2.24) is 15.3 Å². The maximum Gasteiger partial charge on any atom is 0.278 e. The predicted molar refractivity (Wildman–Crippen MR) is 99.5 cm³/mol. The quantitative estimate of drug-likeness (QED) is 0.754. The Bertz CT molecular complexity index is 868. The zero-order chi connectivity index (χ0) is 20.9. The fourth-order valence-electron chi connectivity index (χ4n) is 2.35. The lowest BCUT2D eigenvalue weighted by Crippen LogP contribution is -2.28. The fraction of sp³-hybridized carbons (Fsp3) is 0.368. The molecule has 1 atom stereocenters. The number of anilines is 1. The summed E-state index contributed by atoms with van der Waals surface area (Å²) in [7, 11) is 0. The molecule has 0 fully saturated rings. The molecule has 1 unspecified atom stereocenters. The molecule has 0 aromatic carbocycles. The minimum absolute atomic E-state index is 0.0489. The van der Waals surface area contributed by atoms with Crippen molar-refractivity contribution in [3.05, 3.63) is 47.3 Å². The summed E-state index contributed by atoms with van der Waals surface area (Å²) >= 11 is 0. The van der Waals surface area contributed by atoms with Gasteiger partial charge in [-0.2, -0.15) is 0 Å². The van der Waals surface area contributed by atoms with Crippen LogP contribution in [0.15, 0.2) is 30.3 Å². The highest BCUT2D eigenvalue weighted by Crippen LogP contribution is 2.18. The molecule has 0 saturated carbocycles. The van der Waals surface area contributed by atoms with Crippen molar-refractivity contribution < 1.29 is 23.1 Å². The lowest BCUT2D eigenvalue weighted by atomic mass is 10.1. The highest BCUT2D eigenvalue weighted by atomic mass is 19.3. The van der Waals surface area contributed by atoms with E-state index in [1.54, 1.807) is 32.0 Å². The standard InChI is InChI=1S/C19H22F2N4O3/c1-11-8-14(9-16(22-11)24-13(3)26)18(27)23-12(2)15-6-5-7-17(25-15)28-10-19(4,20)21/h5-9,12H,10H2,1-4H3,(H,23,27)(H,22,24,26). The van der Waals surface area contributed by atoms with Crippen LogP contribution in [0.3, 0.4) is 0 Å². The first-order valence-electron chi connectivity index (χ1n) is 8.58. The predicted octanol–water partition coefficient (Wildman–Crippen LogP) is 3.27. The molecule has 2 aromatic rings. The number of aromatic nitrogens is 2.